The Labute approximate surface area is 216 Å². The summed E-state index contributed by atoms with van der Waals surface area (Å²) in [5.74, 6) is 2.28. The second kappa shape index (κ2) is 14.0. The summed E-state index contributed by atoms with van der Waals surface area (Å²) in [6, 6.07) is 4.25. The van der Waals surface area contributed by atoms with E-state index >= 15 is 0 Å². The fraction of sp³-hybridized carbons (Fsp3) is 0.586. The second-order valence-corrected chi connectivity index (χ2v) is 9.85. The molecule has 1 aliphatic carbocycles. The van der Waals surface area contributed by atoms with Crippen molar-refractivity contribution >= 4 is 0 Å². The maximum absolute atomic E-state index is 9.70. The SMILES string of the molecule is CC/C=C(/C=C(\C=C(/C)OC)C1NNC(c2cc(C)c(OCC(O)CO)c(CC)c2)N1)C1CCCC1. The van der Waals surface area contributed by atoms with E-state index in [0.717, 1.165) is 46.6 Å². The minimum absolute atomic E-state index is 0.0706. The molecule has 1 saturated heterocycles. The van der Waals surface area contributed by atoms with Crippen LogP contribution < -0.4 is 20.9 Å². The molecular formula is C29H45N3O4. The van der Waals surface area contributed by atoms with Gasteiger partial charge in [-0.15, -0.1) is 0 Å². The predicted molar refractivity (Wildman–Crippen MR) is 144 cm³/mol. The summed E-state index contributed by atoms with van der Waals surface area (Å²) < 4.78 is 11.4. The third-order valence-corrected chi connectivity index (χ3v) is 7.05. The number of rotatable bonds is 12. The number of aliphatic hydroxyl groups is 2. The van der Waals surface area contributed by atoms with Gasteiger partial charge < -0.3 is 19.7 Å². The molecule has 3 atom stereocenters. The Kier molecular flexibility index (Phi) is 11.0. The molecule has 0 amide bonds. The van der Waals surface area contributed by atoms with Crippen molar-refractivity contribution in [1.29, 1.82) is 0 Å². The molecule has 1 heterocycles. The van der Waals surface area contributed by atoms with Gasteiger partial charge in [-0.3, -0.25) is 5.32 Å². The average molecular weight is 500 g/mol. The van der Waals surface area contributed by atoms with Gasteiger partial charge in [0.05, 0.1) is 31.8 Å². The highest BCUT2D eigenvalue weighted by atomic mass is 16.5. The summed E-state index contributed by atoms with van der Waals surface area (Å²) in [6.07, 6.45) is 12.7. The zero-order valence-corrected chi connectivity index (χ0v) is 22.6. The molecule has 200 valence electrons. The molecule has 3 rings (SSSR count). The van der Waals surface area contributed by atoms with Gasteiger partial charge in [0.2, 0.25) is 0 Å². The Morgan fingerprint density at radius 1 is 1.14 bits per heavy atom. The number of hydrogen-bond donors (Lipinski definition) is 5. The van der Waals surface area contributed by atoms with Crippen LogP contribution in [0.5, 0.6) is 5.75 Å². The standard InChI is InChI=1S/C29H45N3O4/c1-6-10-23(22-11-8-9-12-22)16-25(14-20(4)35-5)29-30-28(31-32-29)24-13-19(3)27(21(7-2)15-24)36-18-26(34)17-33/h10,13-16,22,26,28-34H,6-9,11-12,17-18H2,1-5H3/b20-14+,23-10-,25-16+. The third kappa shape index (κ3) is 7.43. The van der Waals surface area contributed by atoms with Crippen LogP contribution in [0, 0.1) is 12.8 Å². The number of ether oxygens (including phenoxy) is 2. The van der Waals surface area contributed by atoms with Crippen molar-refractivity contribution in [2.24, 2.45) is 5.92 Å². The Bertz CT molecular complexity index is 950. The van der Waals surface area contributed by atoms with Gasteiger partial charge in [-0.05, 0) is 91.5 Å². The molecule has 0 bridgehead atoms. The Morgan fingerprint density at radius 3 is 2.53 bits per heavy atom. The largest absolute Gasteiger partial charge is 0.501 e. The van der Waals surface area contributed by atoms with E-state index in [1.54, 1.807) is 7.11 Å². The van der Waals surface area contributed by atoms with Gasteiger partial charge in [0.15, 0.2) is 0 Å². The van der Waals surface area contributed by atoms with Crippen LogP contribution in [-0.2, 0) is 11.2 Å². The van der Waals surface area contributed by atoms with Gasteiger partial charge in [0.1, 0.15) is 18.5 Å². The van der Waals surface area contributed by atoms with Crippen LogP contribution in [0.2, 0.25) is 0 Å². The maximum Gasteiger partial charge on any atom is 0.125 e. The van der Waals surface area contributed by atoms with Crippen molar-refractivity contribution in [3.63, 3.8) is 0 Å². The molecule has 0 radical (unpaired) electrons. The lowest BCUT2D eigenvalue weighted by Crippen LogP contribution is -2.35. The number of nitrogens with one attached hydrogen (secondary N) is 3. The number of benzene rings is 1. The zero-order chi connectivity index (χ0) is 26.1. The Hall–Kier alpha value is -2.16. The molecule has 1 aliphatic heterocycles. The van der Waals surface area contributed by atoms with Gasteiger partial charge in [0.25, 0.3) is 0 Å². The first kappa shape index (κ1) is 28.4. The molecule has 0 spiro atoms. The lowest BCUT2D eigenvalue weighted by atomic mass is 9.93. The summed E-state index contributed by atoms with van der Waals surface area (Å²) in [6.45, 7) is 8.05. The molecule has 1 aromatic rings. The van der Waals surface area contributed by atoms with Crippen molar-refractivity contribution in [1.82, 2.24) is 16.2 Å². The fourth-order valence-electron chi connectivity index (χ4n) is 5.05. The van der Waals surface area contributed by atoms with Crippen LogP contribution in [0.25, 0.3) is 0 Å². The van der Waals surface area contributed by atoms with Crippen LogP contribution in [-0.4, -0.2) is 42.8 Å². The van der Waals surface area contributed by atoms with Gasteiger partial charge in [-0.1, -0.05) is 38.8 Å². The molecule has 1 aromatic carbocycles. The Morgan fingerprint density at radius 2 is 1.89 bits per heavy atom. The van der Waals surface area contributed by atoms with E-state index in [2.05, 4.69) is 60.4 Å². The molecule has 36 heavy (non-hydrogen) atoms. The van der Waals surface area contributed by atoms with E-state index in [1.807, 2.05) is 13.8 Å². The maximum atomic E-state index is 9.70. The monoisotopic (exact) mass is 499 g/mol. The first-order valence-electron chi connectivity index (χ1n) is 13.4. The van der Waals surface area contributed by atoms with Gasteiger partial charge >= 0.3 is 0 Å². The highest BCUT2D eigenvalue weighted by molar-refractivity contribution is 5.45. The smallest absolute Gasteiger partial charge is 0.125 e. The second-order valence-electron chi connectivity index (χ2n) is 9.85. The van der Waals surface area contributed by atoms with Crippen LogP contribution in [0.15, 0.2) is 47.3 Å². The molecule has 2 aliphatic rings. The summed E-state index contributed by atoms with van der Waals surface area (Å²) in [4.78, 5) is 0. The van der Waals surface area contributed by atoms with Crippen molar-refractivity contribution in [3.8, 4) is 5.75 Å². The average Bonchev–Trinajstić information content (AvgIpc) is 3.59. The van der Waals surface area contributed by atoms with Gasteiger partial charge in [-0.2, -0.15) is 0 Å². The van der Waals surface area contributed by atoms with Crippen molar-refractivity contribution in [2.45, 2.75) is 84.7 Å². The van der Waals surface area contributed by atoms with Crippen LogP contribution in [0.3, 0.4) is 0 Å². The lowest BCUT2D eigenvalue weighted by molar-refractivity contribution is 0.0531. The van der Waals surface area contributed by atoms with Gasteiger partial charge in [0, 0.05) is 0 Å². The quantitative estimate of drug-likeness (QED) is 0.216. The van der Waals surface area contributed by atoms with E-state index in [9.17, 15) is 5.11 Å². The molecule has 5 N–H and O–H groups in total. The number of hydrogen-bond acceptors (Lipinski definition) is 7. The number of aryl methyl sites for hydroxylation is 2. The number of hydrazine groups is 1. The summed E-state index contributed by atoms with van der Waals surface area (Å²) in [7, 11) is 1.71. The molecule has 7 nitrogen and oxygen atoms in total. The number of allylic oxidation sites excluding steroid dienone is 4. The molecule has 0 aromatic heterocycles. The summed E-state index contributed by atoms with van der Waals surface area (Å²) in [5, 5.41) is 22.5. The van der Waals surface area contributed by atoms with Crippen LogP contribution >= 0.6 is 0 Å². The summed E-state index contributed by atoms with van der Waals surface area (Å²) in [5.41, 5.74) is 12.6. The molecule has 7 heteroatoms. The van der Waals surface area contributed by atoms with E-state index in [1.165, 1.54) is 31.3 Å². The topological polar surface area (TPSA) is 95.0 Å². The lowest BCUT2D eigenvalue weighted by Gasteiger charge is -2.20. The molecular weight excluding hydrogens is 454 g/mol. The first-order valence-corrected chi connectivity index (χ1v) is 13.4. The minimum Gasteiger partial charge on any atom is -0.501 e. The highest BCUT2D eigenvalue weighted by Crippen LogP contribution is 2.34. The number of aliphatic hydroxyl groups excluding tert-OH is 2. The normalized spacial score (nSPS) is 22.8. The molecule has 3 unspecified atom stereocenters. The molecule has 2 fully saturated rings. The summed E-state index contributed by atoms with van der Waals surface area (Å²) >= 11 is 0. The first-order chi connectivity index (χ1) is 17.4. The third-order valence-electron chi connectivity index (χ3n) is 7.05. The predicted octanol–water partition coefficient (Wildman–Crippen LogP) is 4.31. The van der Waals surface area contributed by atoms with Crippen molar-refractivity contribution in [2.75, 3.05) is 20.3 Å². The van der Waals surface area contributed by atoms with E-state index in [-0.39, 0.29) is 25.5 Å². The van der Waals surface area contributed by atoms with Crippen LogP contribution in [0.1, 0.15) is 75.7 Å². The zero-order valence-electron chi connectivity index (χ0n) is 22.6. The highest BCUT2D eigenvalue weighted by Gasteiger charge is 2.28. The van der Waals surface area contributed by atoms with Crippen LogP contribution in [0.4, 0.5) is 0 Å². The van der Waals surface area contributed by atoms with E-state index in [4.69, 9.17) is 14.6 Å². The fourth-order valence-corrected chi connectivity index (χ4v) is 5.05. The van der Waals surface area contributed by atoms with E-state index in [0.29, 0.717) is 5.92 Å². The van der Waals surface area contributed by atoms with Crippen molar-refractivity contribution < 1.29 is 19.7 Å². The minimum atomic E-state index is -0.887. The van der Waals surface area contributed by atoms with Gasteiger partial charge in [-0.25, -0.2) is 10.9 Å². The number of methoxy groups -OCH3 is 1. The van der Waals surface area contributed by atoms with E-state index < -0.39 is 6.10 Å². The Balaban J connectivity index is 1.84. The van der Waals surface area contributed by atoms with Crippen molar-refractivity contribution in [3.05, 3.63) is 64.0 Å². The molecule has 1 saturated carbocycles.